The molecule has 130 valence electrons. The molecule has 1 amide bonds. The van der Waals surface area contributed by atoms with E-state index in [1.165, 1.54) is 18.3 Å². The van der Waals surface area contributed by atoms with E-state index in [1.54, 1.807) is 0 Å². The van der Waals surface area contributed by atoms with Gasteiger partial charge in [0.25, 0.3) is 5.91 Å². The van der Waals surface area contributed by atoms with Crippen LogP contribution in [0.2, 0.25) is 0 Å². The number of benzene rings is 1. The lowest BCUT2D eigenvalue weighted by molar-refractivity contribution is 0.0689. The normalized spacial score (nSPS) is 13.8. The number of carbonyl (C=O) groups excluding carboxylic acids is 1. The minimum absolute atomic E-state index is 0.101. The number of aromatic carboxylic acids is 1. The van der Waals surface area contributed by atoms with Crippen LogP contribution < -0.4 is 14.8 Å². The molecule has 1 aromatic heterocycles. The first-order chi connectivity index (χ1) is 12.1. The Balaban J connectivity index is 1.75. The van der Waals surface area contributed by atoms with Crippen LogP contribution in [0.4, 0.5) is 0 Å². The molecule has 2 heterocycles. The Hall–Kier alpha value is -3.09. The Morgan fingerprint density at radius 3 is 2.60 bits per heavy atom. The smallest absolute Gasteiger partial charge is 0.354 e. The molecule has 0 spiro atoms. The Labute approximate surface area is 144 Å². The maximum Gasteiger partial charge on any atom is 0.354 e. The second-order valence-corrected chi connectivity index (χ2v) is 5.57. The molecule has 1 aromatic carbocycles. The Morgan fingerprint density at radius 1 is 1.20 bits per heavy atom. The largest absolute Gasteiger partial charge is 0.486 e. The molecule has 2 aromatic rings. The summed E-state index contributed by atoms with van der Waals surface area (Å²) in [6, 6.07) is 8.15. The molecular weight excluding hydrogens is 324 g/mol. The summed E-state index contributed by atoms with van der Waals surface area (Å²) in [6.45, 7) is 2.99. The number of rotatable bonds is 5. The van der Waals surface area contributed by atoms with E-state index in [0.29, 0.717) is 36.7 Å². The van der Waals surface area contributed by atoms with E-state index < -0.39 is 5.97 Å². The number of hydrogen-bond donors (Lipinski definition) is 2. The van der Waals surface area contributed by atoms with Gasteiger partial charge in [-0.25, -0.2) is 9.78 Å². The minimum Gasteiger partial charge on any atom is -0.486 e. The first-order valence-electron chi connectivity index (χ1n) is 7.98. The van der Waals surface area contributed by atoms with Crippen molar-refractivity contribution in [2.24, 2.45) is 0 Å². The highest BCUT2D eigenvalue weighted by molar-refractivity contribution is 5.95. The van der Waals surface area contributed by atoms with Crippen LogP contribution in [-0.4, -0.2) is 35.2 Å². The lowest BCUT2D eigenvalue weighted by atomic mass is 10.0. The van der Waals surface area contributed by atoms with Gasteiger partial charge in [0.2, 0.25) is 0 Å². The number of carboxylic acids is 1. The van der Waals surface area contributed by atoms with E-state index in [-0.39, 0.29) is 17.6 Å². The van der Waals surface area contributed by atoms with Gasteiger partial charge in [-0.15, -0.1) is 0 Å². The summed E-state index contributed by atoms with van der Waals surface area (Å²) in [4.78, 5) is 27.0. The van der Waals surface area contributed by atoms with Gasteiger partial charge in [0.15, 0.2) is 11.5 Å². The third-order valence-corrected chi connectivity index (χ3v) is 3.93. The van der Waals surface area contributed by atoms with E-state index in [4.69, 9.17) is 14.6 Å². The van der Waals surface area contributed by atoms with Crippen LogP contribution in [-0.2, 0) is 0 Å². The highest BCUT2D eigenvalue weighted by Gasteiger charge is 2.18. The molecule has 7 heteroatoms. The number of amides is 1. The van der Waals surface area contributed by atoms with Gasteiger partial charge in [0, 0.05) is 6.20 Å². The van der Waals surface area contributed by atoms with Crippen molar-refractivity contribution in [1.82, 2.24) is 10.3 Å². The summed E-state index contributed by atoms with van der Waals surface area (Å²) in [7, 11) is 0. The standard InChI is InChI=1S/C18H18N2O5/c1-2-13(11-4-6-15-16(9-11)25-8-7-24-15)20-17(21)12-3-5-14(18(22)23)19-10-12/h3-6,9-10,13H,2,7-8H2,1H3,(H,20,21)(H,22,23). The third-order valence-electron chi connectivity index (χ3n) is 3.93. The molecule has 0 fully saturated rings. The van der Waals surface area contributed by atoms with Crippen LogP contribution in [0.5, 0.6) is 11.5 Å². The van der Waals surface area contributed by atoms with Gasteiger partial charge in [-0.1, -0.05) is 13.0 Å². The van der Waals surface area contributed by atoms with Crippen molar-refractivity contribution in [1.29, 1.82) is 0 Å². The lowest BCUT2D eigenvalue weighted by Gasteiger charge is -2.22. The van der Waals surface area contributed by atoms with Gasteiger partial charge in [-0.2, -0.15) is 0 Å². The zero-order chi connectivity index (χ0) is 17.8. The predicted molar refractivity (Wildman–Crippen MR) is 89.1 cm³/mol. The molecule has 7 nitrogen and oxygen atoms in total. The summed E-state index contributed by atoms with van der Waals surface area (Å²) in [5.41, 5.74) is 1.12. The first-order valence-corrected chi connectivity index (χ1v) is 7.98. The number of carbonyl (C=O) groups is 2. The quantitative estimate of drug-likeness (QED) is 0.866. The van der Waals surface area contributed by atoms with Crippen LogP contribution in [0.3, 0.4) is 0 Å². The van der Waals surface area contributed by atoms with Crippen LogP contribution in [0.15, 0.2) is 36.5 Å². The number of hydrogen-bond acceptors (Lipinski definition) is 5. The van der Waals surface area contributed by atoms with E-state index in [9.17, 15) is 9.59 Å². The monoisotopic (exact) mass is 342 g/mol. The molecule has 3 rings (SSSR count). The minimum atomic E-state index is -1.13. The SMILES string of the molecule is CCC(NC(=O)c1ccc(C(=O)O)nc1)c1ccc2c(c1)OCCO2. The van der Waals surface area contributed by atoms with E-state index in [1.807, 2.05) is 25.1 Å². The van der Waals surface area contributed by atoms with Crippen LogP contribution in [0.1, 0.15) is 45.8 Å². The summed E-state index contributed by atoms with van der Waals surface area (Å²) >= 11 is 0. The maximum absolute atomic E-state index is 12.4. The van der Waals surface area contributed by atoms with Crippen molar-refractivity contribution in [2.75, 3.05) is 13.2 Å². The fraction of sp³-hybridized carbons (Fsp3) is 0.278. The highest BCUT2D eigenvalue weighted by atomic mass is 16.6. The predicted octanol–water partition coefficient (Wildman–Crippen LogP) is 2.43. The molecule has 1 aliphatic heterocycles. The highest BCUT2D eigenvalue weighted by Crippen LogP contribution is 2.33. The van der Waals surface area contributed by atoms with Gasteiger partial charge >= 0.3 is 5.97 Å². The van der Waals surface area contributed by atoms with Crippen LogP contribution in [0.25, 0.3) is 0 Å². The first kappa shape index (κ1) is 16.8. The van der Waals surface area contributed by atoms with Crippen molar-refractivity contribution in [3.8, 4) is 11.5 Å². The third kappa shape index (κ3) is 3.71. The second-order valence-electron chi connectivity index (χ2n) is 5.57. The summed E-state index contributed by atoms with van der Waals surface area (Å²) in [6.07, 6.45) is 1.95. The number of ether oxygens (including phenoxy) is 2. The van der Waals surface area contributed by atoms with Gasteiger partial charge in [-0.3, -0.25) is 4.79 Å². The number of carboxylic acid groups (broad SMARTS) is 1. The molecule has 1 atom stereocenters. The van der Waals surface area contributed by atoms with E-state index in [2.05, 4.69) is 10.3 Å². The number of fused-ring (bicyclic) bond motifs is 1. The number of pyridine rings is 1. The number of aromatic nitrogens is 1. The van der Waals surface area contributed by atoms with Crippen LogP contribution >= 0.6 is 0 Å². The average Bonchev–Trinajstić information content (AvgIpc) is 2.65. The maximum atomic E-state index is 12.4. The van der Waals surface area contributed by atoms with Crippen LogP contribution in [0, 0.1) is 0 Å². The molecule has 0 aliphatic carbocycles. The molecule has 2 N–H and O–H groups in total. The number of nitrogens with one attached hydrogen (secondary N) is 1. The molecule has 0 saturated heterocycles. The molecular formula is C18H18N2O5. The Kier molecular flexibility index (Phi) is 4.83. The van der Waals surface area contributed by atoms with Crippen molar-refractivity contribution >= 4 is 11.9 Å². The summed E-state index contributed by atoms with van der Waals surface area (Å²) in [5, 5.41) is 11.8. The Morgan fingerprint density at radius 2 is 1.96 bits per heavy atom. The van der Waals surface area contributed by atoms with Gasteiger partial charge in [0.05, 0.1) is 11.6 Å². The molecule has 25 heavy (non-hydrogen) atoms. The molecule has 1 aliphatic rings. The summed E-state index contributed by atoms with van der Waals surface area (Å²) in [5.74, 6) is -0.0746. The number of nitrogens with zero attached hydrogens (tertiary/aromatic N) is 1. The van der Waals surface area contributed by atoms with Crippen molar-refractivity contribution < 1.29 is 24.2 Å². The average molecular weight is 342 g/mol. The van der Waals surface area contributed by atoms with Gasteiger partial charge < -0.3 is 19.9 Å². The van der Waals surface area contributed by atoms with Crippen molar-refractivity contribution in [3.05, 3.63) is 53.3 Å². The second kappa shape index (κ2) is 7.21. The fourth-order valence-electron chi connectivity index (χ4n) is 2.59. The molecule has 1 unspecified atom stereocenters. The lowest BCUT2D eigenvalue weighted by Crippen LogP contribution is -2.28. The van der Waals surface area contributed by atoms with Gasteiger partial charge in [-0.05, 0) is 36.2 Å². The molecule has 0 radical (unpaired) electrons. The van der Waals surface area contributed by atoms with E-state index >= 15 is 0 Å². The zero-order valence-corrected chi connectivity index (χ0v) is 13.7. The topological polar surface area (TPSA) is 97.8 Å². The van der Waals surface area contributed by atoms with Gasteiger partial charge in [0.1, 0.15) is 18.9 Å². The van der Waals surface area contributed by atoms with E-state index in [0.717, 1.165) is 5.56 Å². The fourth-order valence-corrected chi connectivity index (χ4v) is 2.59. The van der Waals surface area contributed by atoms with Crippen molar-refractivity contribution in [2.45, 2.75) is 19.4 Å². The molecule has 0 bridgehead atoms. The molecule has 0 saturated carbocycles. The van der Waals surface area contributed by atoms with Crippen molar-refractivity contribution in [3.63, 3.8) is 0 Å². The Bertz CT molecular complexity index is 789. The zero-order valence-electron chi connectivity index (χ0n) is 13.7. The summed E-state index contributed by atoms with van der Waals surface area (Å²) < 4.78 is 11.1.